The van der Waals surface area contributed by atoms with Crippen LogP contribution in [-0.4, -0.2) is 48.9 Å². The van der Waals surface area contributed by atoms with Gasteiger partial charge in [0.2, 0.25) is 0 Å². The number of aromatic nitrogens is 1. The molecule has 5 rings (SSSR count). The van der Waals surface area contributed by atoms with Gasteiger partial charge in [-0.15, -0.1) is 0 Å². The number of Topliss-reactive ketones (excluding diaryl/α,β-unsaturated/α-hetero) is 1. The number of nitrogens with one attached hydrogen (secondary N) is 1. The Morgan fingerprint density at radius 3 is 2.49 bits per heavy atom. The van der Waals surface area contributed by atoms with Crippen LogP contribution in [0.1, 0.15) is 37.5 Å². The molecule has 37 heavy (non-hydrogen) atoms. The van der Waals surface area contributed by atoms with Gasteiger partial charge in [-0.2, -0.15) is 0 Å². The molecule has 0 saturated heterocycles. The van der Waals surface area contributed by atoms with Gasteiger partial charge in [-0.3, -0.25) is 14.5 Å². The molecular weight excluding hydrogens is 466 g/mol. The van der Waals surface area contributed by atoms with Crippen molar-refractivity contribution in [2.24, 2.45) is 0 Å². The van der Waals surface area contributed by atoms with Gasteiger partial charge in [0.05, 0.1) is 26.3 Å². The minimum absolute atomic E-state index is 0.00301. The molecule has 0 spiro atoms. The van der Waals surface area contributed by atoms with Gasteiger partial charge >= 0.3 is 0 Å². The van der Waals surface area contributed by atoms with E-state index in [0.717, 1.165) is 40.7 Å². The monoisotopic (exact) mass is 495 g/mol. The van der Waals surface area contributed by atoms with Gasteiger partial charge in [0, 0.05) is 29.7 Å². The molecule has 0 atom stereocenters. The Hall–Kier alpha value is -4.23. The van der Waals surface area contributed by atoms with Crippen LogP contribution < -0.4 is 14.8 Å². The summed E-state index contributed by atoms with van der Waals surface area (Å²) in [6, 6.07) is 20.7. The van der Waals surface area contributed by atoms with Crippen LogP contribution in [0, 0.1) is 6.92 Å². The summed E-state index contributed by atoms with van der Waals surface area (Å²) in [6.45, 7) is 3.62. The number of para-hydroxylation sites is 1. The summed E-state index contributed by atoms with van der Waals surface area (Å²) < 4.78 is 10.9. The minimum atomic E-state index is -0.310. The van der Waals surface area contributed by atoms with E-state index in [-0.39, 0.29) is 18.2 Å². The third-order valence-corrected chi connectivity index (χ3v) is 6.80. The number of carbonyl (C=O) groups is 2. The van der Waals surface area contributed by atoms with Crippen LogP contribution in [0.4, 0.5) is 5.69 Å². The standard InChI is InChI=1S/C30H29N3O4/c1-19-8-9-22(14-26(19)32-30(35)25-11-10-20-6-4-5-7-24(20)31-25)27(34)18-33-13-12-21-15-28(36-2)29(37-3)16-23(21)17-33/h4-11,14-16H,12-13,17-18H2,1-3H3,(H,32,35). The van der Waals surface area contributed by atoms with E-state index in [0.29, 0.717) is 29.2 Å². The number of aryl methyl sites for hydroxylation is 1. The lowest BCUT2D eigenvalue weighted by Crippen LogP contribution is -2.35. The molecule has 0 aliphatic carbocycles. The molecule has 0 fully saturated rings. The number of benzene rings is 3. The van der Waals surface area contributed by atoms with Gasteiger partial charge in [-0.1, -0.05) is 36.4 Å². The molecule has 0 radical (unpaired) electrons. The van der Waals surface area contributed by atoms with E-state index in [1.165, 1.54) is 5.56 Å². The highest BCUT2D eigenvalue weighted by Crippen LogP contribution is 2.33. The Labute approximate surface area is 216 Å². The topological polar surface area (TPSA) is 80.8 Å². The highest BCUT2D eigenvalue weighted by Gasteiger charge is 2.22. The Morgan fingerprint density at radius 1 is 0.946 bits per heavy atom. The first kappa shape index (κ1) is 24.5. The number of nitrogens with zero attached hydrogens (tertiary/aromatic N) is 2. The van der Waals surface area contributed by atoms with Crippen molar-refractivity contribution in [1.29, 1.82) is 0 Å². The zero-order chi connectivity index (χ0) is 25.9. The largest absolute Gasteiger partial charge is 0.493 e. The Bertz CT molecular complexity index is 1500. The average molecular weight is 496 g/mol. The summed E-state index contributed by atoms with van der Waals surface area (Å²) in [5.41, 5.74) is 5.47. The Kier molecular flexibility index (Phi) is 6.88. The number of pyridine rings is 1. The first-order valence-electron chi connectivity index (χ1n) is 12.2. The maximum atomic E-state index is 13.2. The lowest BCUT2D eigenvalue weighted by atomic mass is 9.98. The quantitative estimate of drug-likeness (QED) is 0.361. The summed E-state index contributed by atoms with van der Waals surface area (Å²) in [5, 5.41) is 3.91. The van der Waals surface area contributed by atoms with Crippen molar-refractivity contribution in [2.45, 2.75) is 19.9 Å². The molecule has 1 aromatic heterocycles. The average Bonchev–Trinajstić information content (AvgIpc) is 2.92. The fraction of sp³-hybridized carbons (Fsp3) is 0.233. The van der Waals surface area contributed by atoms with E-state index in [1.54, 1.807) is 26.4 Å². The summed E-state index contributed by atoms with van der Waals surface area (Å²) in [5.74, 6) is 1.10. The van der Waals surface area contributed by atoms with Gasteiger partial charge in [-0.05, 0) is 60.4 Å². The molecule has 0 bridgehead atoms. The highest BCUT2D eigenvalue weighted by molar-refractivity contribution is 6.05. The van der Waals surface area contributed by atoms with Crippen LogP contribution in [0.2, 0.25) is 0 Å². The maximum absolute atomic E-state index is 13.2. The van der Waals surface area contributed by atoms with E-state index in [1.807, 2.05) is 61.5 Å². The molecule has 3 aromatic carbocycles. The van der Waals surface area contributed by atoms with E-state index in [4.69, 9.17) is 9.47 Å². The van der Waals surface area contributed by atoms with Crippen molar-refractivity contribution in [3.63, 3.8) is 0 Å². The van der Waals surface area contributed by atoms with Crippen molar-refractivity contribution in [1.82, 2.24) is 9.88 Å². The molecular formula is C30H29N3O4. The van der Waals surface area contributed by atoms with Gasteiger partial charge < -0.3 is 14.8 Å². The molecule has 0 saturated carbocycles. The van der Waals surface area contributed by atoms with Crippen molar-refractivity contribution >= 4 is 28.3 Å². The fourth-order valence-electron chi connectivity index (χ4n) is 4.68. The molecule has 7 heteroatoms. The molecule has 4 aromatic rings. The van der Waals surface area contributed by atoms with Crippen LogP contribution in [0.5, 0.6) is 11.5 Å². The van der Waals surface area contributed by atoms with Crippen LogP contribution in [-0.2, 0) is 13.0 Å². The predicted molar refractivity (Wildman–Crippen MR) is 144 cm³/mol. The molecule has 0 unspecified atom stereocenters. The van der Waals surface area contributed by atoms with Gasteiger partial charge in [0.25, 0.3) is 5.91 Å². The number of rotatable bonds is 7. The van der Waals surface area contributed by atoms with Crippen LogP contribution in [0.3, 0.4) is 0 Å². The first-order valence-corrected chi connectivity index (χ1v) is 12.2. The molecule has 1 aliphatic heterocycles. The first-order chi connectivity index (χ1) is 17.9. The summed E-state index contributed by atoms with van der Waals surface area (Å²) in [6.07, 6.45) is 0.830. The summed E-state index contributed by atoms with van der Waals surface area (Å²) in [7, 11) is 3.26. The van der Waals surface area contributed by atoms with Crippen LogP contribution in [0.15, 0.2) is 66.7 Å². The third-order valence-electron chi connectivity index (χ3n) is 6.80. The van der Waals surface area contributed by atoms with Crippen molar-refractivity contribution < 1.29 is 19.1 Å². The minimum Gasteiger partial charge on any atom is -0.493 e. The number of ether oxygens (including phenoxy) is 2. The second-order valence-electron chi connectivity index (χ2n) is 9.23. The predicted octanol–water partition coefficient (Wildman–Crippen LogP) is 5.05. The van der Waals surface area contributed by atoms with E-state index in [9.17, 15) is 9.59 Å². The maximum Gasteiger partial charge on any atom is 0.274 e. The van der Waals surface area contributed by atoms with Gasteiger partial charge in [0.1, 0.15) is 5.69 Å². The summed E-state index contributed by atoms with van der Waals surface area (Å²) >= 11 is 0. The molecule has 7 nitrogen and oxygen atoms in total. The number of anilines is 1. The van der Waals surface area contributed by atoms with Crippen LogP contribution >= 0.6 is 0 Å². The number of fused-ring (bicyclic) bond motifs is 2. The smallest absolute Gasteiger partial charge is 0.274 e. The van der Waals surface area contributed by atoms with Crippen molar-refractivity contribution in [3.05, 3.63) is 94.7 Å². The number of hydrogen-bond acceptors (Lipinski definition) is 6. The SMILES string of the molecule is COc1cc2c(cc1OC)CN(CC(=O)c1ccc(C)c(NC(=O)c3ccc4ccccc4n3)c1)CC2. The zero-order valence-corrected chi connectivity index (χ0v) is 21.2. The lowest BCUT2D eigenvalue weighted by Gasteiger charge is -2.29. The van der Waals surface area contributed by atoms with Crippen LogP contribution in [0.25, 0.3) is 10.9 Å². The van der Waals surface area contributed by atoms with Gasteiger partial charge in [0.15, 0.2) is 17.3 Å². The van der Waals surface area contributed by atoms with E-state index in [2.05, 4.69) is 15.2 Å². The highest BCUT2D eigenvalue weighted by atomic mass is 16.5. The lowest BCUT2D eigenvalue weighted by molar-refractivity contribution is 0.0920. The fourth-order valence-corrected chi connectivity index (χ4v) is 4.68. The number of hydrogen-bond donors (Lipinski definition) is 1. The number of ketones is 1. The molecule has 2 heterocycles. The normalized spacial score (nSPS) is 13.2. The van der Waals surface area contributed by atoms with E-state index >= 15 is 0 Å². The van der Waals surface area contributed by atoms with E-state index < -0.39 is 0 Å². The molecule has 188 valence electrons. The number of methoxy groups -OCH3 is 2. The molecule has 1 aliphatic rings. The zero-order valence-electron chi connectivity index (χ0n) is 21.2. The van der Waals surface area contributed by atoms with Gasteiger partial charge in [-0.25, -0.2) is 4.98 Å². The number of amides is 1. The third kappa shape index (κ3) is 5.17. The second kappa shape index (κ2) is 10.4. The second-order valence-corrected chi connectivity index (χ2v) is 9.23. The van der Waals surface area contributed by atoms with Crippen molar-refractivity contribution in [2.75, 3.05) is 32.6 Å². The number of carbonyl (C=O) groups excluding carboxylic acids is 2. The molecule has 1 N–H and O–H groups in total. The molecule has 1 amide bonds. The Morgan fingerprint density at radius 2 is 1.70 bits per heavy atom. The summed E-state index contributed by atoms with van der Waals surface area (Å²) in [4.78, 5) is 32.7. The Balaban J connectivity index is 1.29. The van der Waals surface area contributed by atoms with Crippen molar-refractivity contribution in [3.8, 4) is 11.5 Å².